The molecule has 0 heterocycles. The maximum Gasteiger partial charge on any atom is 0.184 e. The van der Waals surface area contributed by atoms with Gasteiger partial charge in [0.1, 0.15) is 0 Å². The topological polar surface area (TPSA) is 9.23 Å². The smallest absolute Gasteiger partial charge is 0.184 e. The molecule has 34 heavy (non-hydrogen) atoms. The molecule has 0 radical (unpaired) electrons. The van der Waals surface area contributed by atoms with E-state index in [9.17, 15) is 0 Å². The molecule has 0 amide bonds. The Hall–Kier alpha value is -0.343. The fourth-order valence-corrected chi connectivity index (χ4v) is 10.2. The van der Waals surface area contributed by atoms with Crippen molar-refractivity contribution >= 4 is 8.32 Å². The third kappa shape index (κ3) is 4.93. The van der Waals surface area contributed by atoms with Gasteiger partial charge in [-0.25, -0.2) is 0 Å². The van der Waals surface area contributed by atoms with Gasteiger partial charge in [-0.2, -0.15) is 0 Å². The SMILES string of the molecule is CC[C@H](CC[C@@H](C)[C@H]1CC=C2C3=C(CC[C@@]21C)[C@@]1(C)CC[C@H](O[Si](C)(C)C)C[C@@H]1CC3)C(C)C. The van der Waals surface area contributed by atoms with E-state index in [1.807, 2.05) is 16.7 Å². The predicted octanol–water partition coefficient (Wildman–Crippen LogP) is 9.95. The van der Waals surface area contributed by atoms with Crippen LogP contribution in [-0.2, 0) is 4.43 Å². The van der Waals surface area contributed by atoms with Gasteiger partial charge in [0.2, 0.25) is 0 Å². The first kappa shape index (κ1) is 26.7. The molecule has 194 valence electrons. The number of hydrogen-bond donors (Lipinski definition) is 0. The Kier molecular flexibility index (Phi) is 7.73. The Morgan fingerprint density at radius 2 is 1.74 bits per heavy atom. The summed E-state index contributed by atoms with van der Waals surface area (Å²) in [7, 11) is -1.45. The average Bonchev–Trinajstić information content (AvgIpc) is 3.10. The van der Waals surface area contributed by atoms with Crippen LogP contribution in [0.4, 0.5) is 0 Å². The minimum atomic E-state index is -1.45. The van der Waals surface area contributed by atoms with E-state index >= 15 is 0 Å². The molecule has 4 aliphatic rings. The maximum atomic E-state index is 6.61. The Morgan fingerprint density at radius 1 is 1.00 bits per heavy atom. The summed E-state index contributed by atoms with van der Waals surface area (Å²) in [6.07, 6.45) is 18.2. The van der Waals surface area contributed by atoms with Crippen LogP contribution < -0.4 is 0 Å². The van der Waals surface area contributed by atoms with E-state index < -0.39 is 8.32 Å². The molecule has 4 rings (SSSR count). The van der Waals surface area contributed by atoms with Gasteiger partial charge in [-0.3, -0.25) is 0 Å². The molecule has 1 fully saturated rings. The molecule has 7 atom stereocenters. The summed E-state index contributed by atoms with van der Waals surface area (Å²) < 4.78 is 6.61. The minimum Gasteiger partial charge on any atom is -0.415 e. The van der Waals surface area contributed by atoms with Crippen LogP contribution in [0.25, 0.3) is 0 Å². The second-order valence-electron chi connectivity index (χ2n) is 14.6. The minimum absolute atomic E-state index is 0.430. The Labute approximate surface area is 213 Å². The summed E-state index contributed by atoms with van der Waals surface area (Å²) in [5, 5.41) is 0. The van der Waals surface area contributed by atoms with E-state index in [1.54, 1.807) is 0 Å². The van der Waals surface area contributed by atoms with E-state index in [0.717, 1.165) is 29.6 Å². The first-order valence-corrected chi connectivity index (χ1v) is 18.4. The van der Waals surface area contributed by atoms with Gasteiger partial charge in [0.25, 0.3) is 0 Å². The molecular weight excluding hydrogens is 428 g/mol. The lowest BCUT2D eigenvalue weighted by atomic mass is 9.51. The molecular formula is C32H56OSi. The highest BCUT2D eigenvalue weighted by Gasteiger charge is 2.53. The second-order valence-corrected chi connectivity index (χ2v) is 19.0. The van der Waals surface area contributed by atoms with E-state index in [4.69, 9.17) is 4.43 Å². The average molecular weight is 485 g/mol. The van der Waals surface area contributed by atoms with Gasteiger partial charge in [-0.15, -0.1) is 0 Å². The highest BCUT2D eigenvalue weighted by molar-refractivity contribution is 6.69. The van der Waals surface area contributed by atoms with Gasteiger partial charge in [0.15, 0.2) is 8.32 Å². The molecule has 0 aliphatic heterocycles. The first-order chi connectivity index (χ1) is 15.9. The Morgan fingerprint density at radius 3 is 2.38 bits per heavy atom. The van der Waals surface area contributed by atoms with Crippen LogP contribution in [0.1, 0.15) is 112 Å². The Balaban J connectivity index is 1.48. The molecule has 4 aliphatic carbocycles. The van der Waals surface area contributed by atoms with Gasteiger partial charge in [0, 0.05) is 6.10 Å². The van der Waals surface area contributed by atoms with Crippen molar-refractivity contribution in [3.8, 4) is 0 Å². The fourth-order valence-electron chi connectivity index (χ4n) is 9.01. The van der Waals surface area contributed by atoms with Crippen molar-refractivity contribution in [2.45, 2.75) is 138 Å². The van der Waals surface area contributed by atoms with Gasteiger partial charge < -0.3 is 4.43 Å². The zero-order valence-corrected chi connectivity index (χ0v) is 25.2. The molecule has 0 bridgehead atoms. The van der Waals surface area contributed by atoms with Crippen LogP contribution in [-0.4, -0.2) is 14.4 Å². The monoisotopic (exact) mass is 484 g/mol. The number of allylic oxidation sites excluding steroid dienone is 4. The van der Waals surface area contributed by atoms with E-state index in [0.29, 0.717) is 16.9 Å². The third-order valence-electron chi connectivity index (χ3n) is 11.1. The van der Waals surface area contributed by atoms with Crippen LogP contribution in [0.2, 0.25) is 19.6 Å². The van der Waals surface area contributed by atoms with E-state index in [1.165, 1.54) is 70.6 Å². The summed E-state index contributed by atoms with van der Waals surface area (Å²) in [6.45, 7) is 22.2. The molecule has 1 nitrogen and oxygen atoms in total. The van der Waals surface area contributed by atoms with Gasteiger partial charge in [-0.1, -0.05) is 66.0 Å². The highest BCUT2D eigenvalue weighted by Crippen LogP contribution is 2.64. The lowest BCUT2D eigenvalue weighted by molar-refractivity contribution is 0.0316. The fraction of sp³-hybridized carbons (Fsp3) is 0.875. The molecule has 0 N–H and O–H groups in total. The first-order valence-electron chi connectivity index (χ1n) is 15.0. The van der Waals surface area contributed by atoms with E-state index in [-0.39, 0.29) is 0 Å². The van der Waals surface area contributed by atoms with Crippen LogP contribution in [0.15, 0.2) is 22.8 Å². The van der Waals surface area contributed by atoms with Crippen LogP contribution in [0.5, 0.6) is 0 Å². The van der Waals surface area contributed by atoms with Crippen LogP contribution >= 0.6 is 0 Å². The largest absolute Gasteiger partial charge is 0.415 e. The van der Waals surface area contributed by atoms with Gasteiger partial charge >= 0.3 is 0 Å². The van der Waals surface area contributed by atoms with Crippen LogP contribution in [0, 0.1) is 40.4 Å². The summed E-state index contributed by atoms with van der Waals surface area (Å²) in [5.41, 5.74) is 6.39. The van der Waals surface area contributed by atoms with E-state index in [2.05, 4.69) is 67.3 Å². The number of rotatable bonds is 8. The molecule has 0 saturated heterocycles. The summed E-state index contributed by atoms with van der Waals surface area (Å²) in [4.78, 5) is 0. The lowest BCUT2D eigenvalue weighted by Gasteiger charge is -2.54. The summed E-state index contributed by atoms with van der Waals surface area (Å²) in [5.74, 6) is 4.27. The lowest BCUT2D eigenvalue weighted by Crippen LogP contribution is -2.46. The number of fused-ring (bicyclic) bond motifs is 4. The van der Waals surface area contributed by atoms with Crippen molar-refractivity contribution in [3.05, 3.63) is 22.8 Å². The highest BCUT2D eigenvalue weighted by atomic mass is 28.4. The molecule has 0 unspecified atom stereocenters. The maximum absolute atomic E-state index is 6.61. The standard InChI is InChI=1S/C32H56OSi/c1-10-24(22(2)3)12-11-23(4)28-15-16-29-27-14-13-25-21-26(33-34(7,8)9)17-19-31(25,5)30(27)18-20-32(28,29)6/h16,22-26,28H,10-15,17-21H2,1-9H3/t23-,24-,25+,26+,28-,31+,32-/m1/s1. The van der Waals surface area contributed by atoms with Crippen molar-refractivity contribution in [2.75, 3.05) is 0 Å². The second kappa shape index (κ2) is 9.84. The Bertz CT molecular complexity index is 800. The van der Waals surface area contributed by atoms with Crippen molar-refractivity contribution in [3.63, 3.8) is 0 Å². The molecule has 1 saturated carbocycles. The molecule has 2 heteroatoms. The molecule has 0 aromatic rings. The zero-order chi connectivity index (χ0) is 24.9. The van der Waals surface area contributed by atoms with Gasteiger partial charge in [0.05, 0.1) is 0 Å². The molecule has 0 aromatic heterocycles. The zero-order valence-electron chi connectivity index (χ0n) is 24.2. The molecule has 0 spiro atoms. The summed E-state index contributed by atoms with van der Waals surface area (Å²) >= 11 is 0. The number of hydrogen-bond acceptors (Lipinski definition) is 1. The molecule has 0 aromatic carbocycles. The quantitative estimate of drug-likeness (QED) is 0.311. The van der Waals surface area contributed by atoms with Crippen LogP contribution in [0.3, 0.4) is 0 Å². The normalized spacial score (nSPS) is 37.7. The van der Waals surface area contributed by atoms with Crippen molar-refractivity contribution < 1.29 is 4.43 Å². The van der Waals surface area contributed by atoms with Gasteiger partial charge in [-0.05, 0) is 129 Å². The van der Waals surface area contributed by atoms with Crippen molar-refractivity contribution in [2.24, 2.45) is 40.4 Å². The summed E-state index contributed by atoms with van der Waals surface area (Å²) in [6, 6.07) is 0. The van der Waals surface area contributed by atoms with Crippen molar-refractivity contribution in [1.82, 2.24) is 0 Å². The third-order valence-corrected chi connectivity index (χ3v) is 12.2. The van der Waals surface area contributed by atoms with Crippen molar-refractivity contribution in [1.29, 1.82) is 0 Å². The predicted molar refractivity (Wildman–Crippen MR) is 150 cm³/mol.